The highest BCUT2D eigenvalue weighted by Crippen LogP contribution is 2.29. The number of benzene rings is 1. The van der Waals surface area contributed by atoms with Gasteiger partial charge in [0.25, 0.3) is 0 Å². The Bertz CT molecular complexity index is 479. The molecule has 1 fully saturated rings. The Hall–Kier alpha value is -1.56. The summed E-state index contributed by atoms with van der Waals surface area (Å²) in [4.78, 5) is 13.0. The molecule has 0 atom stereocenters. The lowest BCUT2D eigenvalue weighted by Crippen LogP contribution is -2.41. The first kappa shape index (κ1) is 16.8. The molecular formula is C16H21F3N2O. The summed E-state index contributed by atoms with van der Waals surface area (Å²) in [5, 5.41) is 0. The van der Waals surface area contributed by atoms with Gasteiger partial charge in [-0.15, -0.1) is 0 Å². The number of amides is 1. The predicted octanol–water partition coefficient (Wildman–Crippen LogP) is 2.98. The first-order valence-electron chi connectivity index (χ1n) is 7.53. The molecule has 1 saturated carbocycles. The van der Waals surface area contributed by atoms with Crippen LogP contribution in [0.15, 0.2) is 24.3 Å². The van der Waals surface area contributed by atoms with E-state index in [1.165, 1.54) is 12.1 Å². The lowest BCUT2D eigenvalue weighted by Gasteiger charge is -2.33. The van der Waals surface area contributed by atoms with E-state index < -0.39 is 11.7 Å². The van der Waals surface area contributed by atoms with Crippen LogP contribution in [0.1, 0.15) is 36.8 Å². The molecule has 0 unspecified atom stereocenters. The van der Waals surface area contributed by atoms with Gasteiger partial charge < -0.3 is 10.6 Å². The van der Waals surface area contributed by atoms with E-state index in [-0.39, 0.29) is 12.1 Å². The van der Waals surface area contributed by atoms with Crippen LogP contribution in [-0.2, 0) is 17.4 Å². The van der Waals surface area contributed by atoms with E-state index in [4.69, 9.17) is 5.73 Å². The van der Waals surface area contributed by atoms with Gasteiger partial charge in [0.05, 0.1) is 5.56 Å². The zero-order valence-corrected chi connectivity index (χ0v) is 12.4. The normalized spacial score (nSPS) is 22.4. The highest BCUT2D eigenvalue weighted by molar-refractivity contribution is 5.48. The number of hydrogen-bond acceptors (Lipinski definition) is 2. The summed E-state index contributed by atoms with van der Waals surface area (Å²) in [5.41, 5.74) is 6.00. The van der Waals surface area contributed by atoms with Crippen LogP contribution in [0.3, 0.4) is 0 Å². The van der Waals surface area contributed by atoms with Crippen molar-refractivity contribution in [3.63, 3.8) is 0 Å². The molecule has 122 valence electrons. The number of carbonyl (C=O) groups is 1. The van der Waals surface area contributed by atoms with Crippen LogP contribution in [0.5, 0.6) is 0 Å². The topological polar surface area (TPSA) is 46.3 Å². The van der Waals surface area contributed by atoms with Crippen molar-refractivity contribution in [3.8, 4) is 0 Å². The molecule has 1 aromatic rings. The van der Waals surface area contributed by atoms with Gasteiger partial charge in [0.2, 0.25) is 6.41 Å². The summed E-state index contributed by atoms with van der Waals surface area (Å²) in [7, 11) is 0. The average molecular weight is 314 g/mol. The second-order valence-corrected chi connectivity index (χ2v) is 5.86. The minimum Gasteiger partial charge on any atom is -0.342 e. The standard InChI is InChI=1S/C16H21F3N2O/c17-16(18,19)13-3-1-12(2-4-13)9-10-21(11-22)15-7-5-14(20)6-8-15/h1-4,11,14-15H,5-10,20H2. The maximum absolute atomic E-state index is 12.5. The highest BCUT2D eigenvalue weighted by atomic mass is 19.4. The number of carbonyl (C=O) groups excluding carboxylic acids is 1. The molecule has 1 aliphatic rings. The summed E-state index contributed by atoms with van der Waals surface area (Å²) in [6, 6.07) is 5.54. The number of halogens is 3. The maximum atomic E-state index is 12.5. The Morgan fingerprint density at radius 3 is 2.23 bits per heavy atom. The Morgan fingerprint density at radius 1 is 1.14 bits per heavy atom. The van der Waals surface area contributed by atoms with Gasteiger partial charge in [-0.2, -0.15) is 13.2 Å². The van der Waals surface area contributed by atoms with Crippen molar-refractivity contribution in [2.24, 2.45) is 5.73 Å². The van der Waals surface area contributed by atoms with E-state index in [0.29, 0.717) is 13.0 Å². The van der Waals surface area contributed by atoms with Crippen LogP contribution in [0.25, 0.3) is 0 Å². The van der Waals surface area contributed by atoms with Crippen molar-refractivity contribution in [2.75, 3.05) is 6.54 Å². The van der Waals surface area contributed by atoms with Crippen molar-refractivity contribution in [2.45, 2.75) is 50.4 Å². The smallest absolute Gasteiger partial charge is 0.342 e. The quantitative estimate of drug-likeness (QED) is 0.849. The fraction of sp³-hybridized carbons (Fsp3) is 0.562. The molecule has 0 aromatic heterocycles. The summed E-state index contributed by atoms with van der Waals surface area (Å²) >= 11 is 0. The number of rotatable bonds is 5. The van der Waals surface area contributed by atoms with Gasteiger partial charge in [-0.05, 0) is 49.8 Å². The molecule has 6 heteroatoms. The molecule has 0 heterocycles. The molecule has 0 radical (unpaired) electrons. The van der Waals surface area contributed by atoms with E-state index in [1.807, 2.05) is 0 Å². The van der Waals surface area contributed by atoms with Gasteiger partial charge in [-0.1, -0.05) is 12.1 Å². The fourth-order valence-corrected chi connectivity index (χ4v) is 2.87. The third kappa shape index (κ3) is 4.47. The predicted molar refractivity (Wildman–Crippen MR) is 78.1 cm³/mol. The first-order valence-corrected chi connectivity index (χ1v) is 7.53. The van der Waals surface area contributed by atoms with Crippen LogP contribution in [0.2, 0.25) is 0 Å². The second kappa shape index (κ2) is 7.13. The van der Waals surface area contributed by atoms with E-state index in [1.54, 1.807) is 4.90 Å². The van der Waals surface area contributed by atoms with Crippen molar-refractivity contribution < 1.29 is 18.0 Å². The Balaban J connectivity index is 1.89. The van der Waals surface area contributed by atoms with Crippen molar-refractivity contribution >= 4 is 6.41 Å². The molecule has 2 rings (SSSR count). The van der Waals surface area contributed by atoms with Gasteiger partial charge in [-0.3, -0.25) is 4.79 Å². The highest BCUT2D eigenvalue weighted by Gasteiger charge is 2.30. The minimum absolute atomic E-state index is 0.201. The third-order valence-corrected chi connectivity index (χ3v) is 4.29. The van der Waals surface area contributed by atoms with Crippen molar-refractivity contribution in [3.05, 3.63) is 35.4 Å². The van der Waals surface area contributed by atoms with Gasteiger partial charge in [0.1, 0.15) is 0 Å². The summed E-state index contributed by atoms with van der Waals surface area (Å²) in [5.74, 6) is 0. The van der Waals surface area contributed by atoms with E-state index in [9.17, 15) is 18.0 Å². The lowest BCUT2D eigenvalue weighted by molar-refractivity contribution is -0.137. The Kier molecular flexibility index (Phi) is 5.45. The molecular weight excluding hydrogens is 293 g/mol. The number of hydrogen-bond donors (Lipinski definition) is 1. The van der Waals surface area contributed by atoms with Gasteiger partial charge in [0, 0.05) is 18.6 Å². The molecule has 1 amide bonds. The number of nitrogens with two attached hydrogens (primary N) is 1. The molecule has 22 heavy (non-hydrogen) atoms. The number of alkyl halides is 3. The Labute approximate surface area is 128 Å². The van der Waals surface area contributed by atoms with Gasteiger partial charge in [0.15, 0.2) is 0 Å². The van der Waals surface area contributed by atoms with Crippen LogP contribution < -0.4 is 5.73 Å². The van der Waals surface area contributed by atoms with Crippen molar-refractivity contribution in [1.82, 2.24) is 4.90 Å². The zero-order valence-electron chi connectivity index (χ0n) is 12.4. The van der Waals surface area contributed by atoms with E-state index in [2.05, 4.69) is 0 Å². The maximum Gasteiger partial charge on any atom is 0.416 e. The van der Waals surface area contributed by atoms with Crippen molar-refractivity contribution in [1.29, 1.82) is 0 Å². The Morgan fingerprint density at radius 2 is 1.73 bits per heavy atom. The summed E-state index contributed by atoms with van der Waals surface area (Å²) in [6.07, 6.45) is 0.698. The minimum atomic E-state index is -4.31. The molecule has 0 spiro atoms. The van der Waals surface area contributed by atoms with Gasteiger partial charge in [-0.25, -0.2) is 0 Å². The van der Waals surface area contributed by atoms with Crippen LogP contribution in [-0.4, -0.2) is 29.9 Å². The van der Waals surface area contributed by atoms with E-state index in [0.717, 1.165) is 49.8 Å². The molecule has 0 bridgehead atoms. The fourth-order valence-electron chi connectivity index (χ4n) is 2.87. The molecule has 1 aromatic carbocycles. The second-order valence-electron chi connectivity index (χ2n) is 5.86. The van der Waals surface area contributed by atoms with E-state index >= 15 is 0 Å². The third-order valence-electron chi connectivity index (χ3n) is 4.29. The van der Waals surface area contributed by atoms with Gasteiger partial charge >= 0.3 is 6.18 Å². The summed E-state index contributed by atoms with van der Waals surface area (Å²) in [6.45, 7) is 0.523. The molecule has 0 aliphatic heterocycles. The SMILES string of the molecule is NC1CCC(N(C=O)CCc2ccc(C(F)(F)F)cc2)CC1. The van der Waals surface area contributed by atoms with Crippen LogP contribution in [0, 0.1) is 0 Å². The molecule has 0 saturated heterocycles. The monoisotopic (exact) mass is 314 g/mol. The molecule has 2 N–H and O–H groups in total. The zero-order chi connectivity index (χ0) is 16.2. The largest absolute Gasteiger partial charge is 0.416 e. The average Bonchev–Trinajstić information content (AvgIpc) is 2.49. The van der Waals surface area contributed by atoms with Crippen LogP contribution in [0.4, 0.5) is 13.2 Å². The lowest BCUT2D eigenvalue weighted by atomic mass is 9.91. The molecule has 3 nitrogen and oxygen atoms in total. The molecule has 1 aliphatic carbocycles. The number of nitrogens with zero attached hydrogens (tertiary/aromatic N) is 1. The first-order chi connectivity index (χ1) is 10.4. The summed E-state index contributed by atoms with van der Waals surface area (Å²) < 4.78 is 37.5. The van der Waals surface area contributed by atoms with Crippen LogP contribution >= 0.6 is 0 Å².